The summed E-state index contributed by atoms with van der Waals surface area (Å²) in [6, 6.07) is 53.9. The van der Waals surface area contributed by atoms with Gasteiger partial charge in [0, 0.05) is 48.7 Å². The van der Waals surface area contributed by atoms with Crippen molar-refractivity contribution in [3.63, 3.8) is 0 Å². The van der Waals surface area contributed by atoms with Crippen molar-refractivity contribution in [2.24, 2.45) is 10.9 Å². The maximum Gasteiger partial charge on any atom is 0.0614 e. The monoisotopic (exact) mass is 991 g/mol. The average Bonchev–Trinajstić information content (AvgIpc) is 3.83. The van der Waals surface area contributed by atoms with E-state index in [1.54, 1.807) is 0 Å². The maximum atomic E-state index is 5.08. The first-order valence-electron chi connectivity index (χ1n) is 22.8. The Morgan fingerprint density at radius 2 is 1.42 bits per heavy atom. The predicted molar refractivity (Wildman–Crippen MR) is 259 cm³/mol. The van der Waals surface area contributed by atoms with Gasteiger partial charge in [0.25, 0.3) is 0 Å². The van der Waals surface area contributed by atoms with Crippen LogP contribution in [0.3, 0.4) is 0 Å². The van der Waals surface area contributed by atoms with Gasteiger partial charge < -0.3 is 14.3 Å². The van der Waals surface area contributed by atoms with E-state index in [-0.39, 0.29) is 20.1 Å². The van der Waals surface area contributed by atoms with E-state index in [0.29, 0.717) is 12.1 Å². The number of nitrogens with zero attached hydrogens (tertiary/aromatic N) is 4. The second-order valence-electron chi connectivity index (χ2n) is 17.3. The summed E-state index contributed by atoms with van der Waals surface area (Å²) in [5.41, 5.74) is 16.2. The zero-order valence-electron chi connectivity index (χ0n) is 37.1. The number of aliphatic imine (C=N–C) groups is 1. The molecule has 3 unspecified atom stereocenters. The summed E-state index contributed by atoms with van der Waals surface area (Å²) in [7, 11) is 0. The van der Waals surface area contributed by atoms with Gasteiger partial charge in [0.15, 0.2) is 0 Å². The number of benzene rings is 6. The molecule has 0 saturated heterocycles. The fourth-order valence-electron chi connectivity index (χ4n) is 9.57. The Labute approximate surface area is 382 Å². The third-order valence-corrected chi connectivity index (χ3v) is 13.1. The number of fused-ring (bicyclic) bond motifs is 12. The van der Waals surface area contributed by atoms with Crippen LogP contribution in [0.2, 0.25) is 0 Å². The summed E-state index contributed by atoms with van der Waals surface area (Å²) in [5, 5.41) is 3.60. The predicted octanol–water partition coefficient (Wildman–Crippen LogP) is 14.7. The molecule has 0 bridgehead atoms. The van der Waals surface area contributed by atoms with E-state index in [1.165, 1.54) is 105 Å². The van der Waals surface area contributed by atoms with E-state index in [9.17, 15) is 0 Å². The van der Waals surface area contributed by atoms with E-state index in [2.05, 4.69) is 178 Å². The molecule has 2 aliphatic heterocycles. The van der Waals surface area contributed by atoms with Crippen LogP contribution in [0, 0.1) is 25.0 Å². The van der Waals surface area contributed by atoms with Crippen molar-refractivity contribution in [2.75, 3.05) is 4.90 Å². The second kappa shape index (κ2) is 19.0. The second-order valence-corrected chi connectivity index (χ2v) is 17.3. The van der Waals surface area contributed by atoms with Gasteiger partial charge in [0.05, 0.1) is 17.5 Å². The van der Waals surface area contributed by atoms with Crippen molar-refractivity contribution >= 4 is 38.8 Å². The average molecular weight is 991 g/mol. The molecular formula is C57H58IrN4-2. The molecule has 0 saturated carbocycles. The number of aryl methyl sites for hydroxylation is 2. The van der Waals surface area contributed by atoms with Crippen LogP contribution in [-0.4, -0.2) is 27.3 Å². The van der Waals surface area contributed by atoms with Gasteiger partial charge in [-0.25, -0.2) is 0 Å². The fourth-order valence-corrected chi connectivity index (χ4v) is 9.57. The maximum absolute atomic E-state index is 5.08. The number of aromatic nitrogens is 2. The van der Waals surface area contributed by atoms with Crippen molar-refractivity contribution in [2.45, 2.75) is 105 Å². The molecule has 4 nitrogen and oxygen atoms in total. The molecule has 0 amide bonds. The van der Waals surface area contributed by atoms with Crippen molar-refractivity contribution < 1.29 is 20.1 Å². The molecule has 5 heteroatoms. The Morgan fingerprint density at radius 3 is 2.19 bits per heavy atom. The van der Waals surface area contributed by atoms with Crippen molar-refractivity contribution in [3.8, 4) is 33.4 Å². The largest absolute Gasteiger partial charge is 0.361 e. The van der Waals surface area contributed by atoms with Crippen LogP contribution in [0.1, 0.15) is 95.7 Å². The van der Waals surface area contributed by atoms with Crippen LogP contribution in [0.25, 0.3) is 60.7 Å². The van der Waals surface area contributed by atoms with E-state index < -0.39 is 0 Å². The van der Waals surface area contributed by atoms with Crippen LogP contribution >= 0.6 is 0 Å². The molecule has 0 aliphatic carbocycles. The van der Waals surface area contributed by atoms with E-state index in [1.807, 2.05) is 12.1 Å². The Kier molecular flexibility index (Phi) is 13.2. The third kappa shape index (κ3) is 8.18. The molecule has 3 atom stereocenters. The van der Waals surface area contributed by atoms with E-state index in [0.717, 1.165) is 46.9 Å². The third-order valence-electron chi connectivity index (χ3n) is 13.1. The molecule has 2 aliphatic rings. The summed E-state index contributed by atoms with van der Waals surface area (Å²) in [4.78, 5) is 12.6. The van der Waals surface area contributed by atoms with Gasteiger partial charge >= 0.3 is 0 Å². The zero-order chi connectivity index (χ0) is 42.0. The number of amidine groups is 1. The van der Waals surface area contributed by atoms with Gasteiger partial charge in [-0.3, -0.25) is 4.98 Å². The van der Waals surface area contributed by atoms with E-state index in [4.69, 9.17) is 9.98 Å². The molecule has 0 spiro atoms. The molecule has 8 aromatic rings. The summed E-state index contributed by atoms with van der Waals surface area (Å²) < 4.78 is 2.39. The first kappa shape index (κ1) is 43.3. The van der Waals surface area contributed by atoms with Crippen LogP contribution in [0.4, 0.5) is 5.69 Å². The standard InChI is InChI=1S/C31H33N2.C26H25N2.Ir/c1-5-7-12-29-22(4)32-31-27-11-9-8-10-26(27)28-20-25(17-18-30(28)33(29)31)24-15-13-23(14-16-24)19-21(3)6-2;1-3-4-14-24-18(2)27-26-22-13-9-8-12-21(22)23-17-20(15-16-25(23)28(24)26)19-10-6-5-7-11-19;/h8-10,13-18,20-21H,5-7,12,19H2,1-4H3;5-12,15-18,24H,3-4,14H2,1-2H3;/q2*-1;. The van der Waals surface area contributed by atoms with Crippen molar-refractivity contribution in [1.29, 1.82) is 0 Å². The Balaban J connectivity index is 0.000000170. The quantitative estimate of drug-likeness (QED) is 0.0956. The minimum Gasteiger partial charge on any atom is -0.361 e. The summed E-state index contributed by atoms with van der Waals surface area (Å²) in [5.74, 6) is 1.83. The molecule has 62 heavy (non-hydrogen) atoms. The number of rotatable bonds is 11. The zero-order valence-corrected chi connectivity index (χ0v) is 39.5. The molecular weight excluding hydrogens is 933 g/mol. The molecule has 317 valence electrons. The Hall–Kier alpha value is -5.35. The minimum atomic E-state index is 0. The van der Waals surface area contributed by atoms with Crippen LogP contribution in [0.15, 0.2) is 132 Å². The number of anilines is 1. The number of imidazole rings is 1. The topological polar surface area (TPSA) is 32.9 Å². The SMILES string of the molecule is CCCCC1C(C)N=C2c3[c-]cccc3-c3cc(-c4ccccc4)ccc3N21.CCCCc1c(C)nc2c3[c-]cccc3c3cc(-c4ccc(CC(C)CC)cc4)ccc3n12.[Ir]. The molecule has 10 rings (SSSR count). The summed E-state index contributed by atoms with van der Waals surface area (Å²) in [6.07, 6.45) is 9.40. The first-order valence-corrected chi connectivity index (χ1v) is 22.8. The van der Waals surface area contributed by atoms with Gasteiger partial charge in [-0.2, -0.15) is 0 Å². The van der Waals surface area contributed by atoms with Gasteiger partial charge in [-0.15, -0.1) is 59.5 Å². The number of unbranched alkanes of at least 4 members (excludes halogenated alkanes) is 2. The minimum absolute atomic E-state index is 0. The normalized spacial score (nSPS) is 15.6. The molecule has 0 N–H and O–H groups in total. The smallest absolute Gasteiger partial charge is 0.0614 e. The summed E-state index contributed by atoms with van der Waals surface area (Å²) >= 11 is 0. The molecule has 1 radical (unpaired) electrons. The fraction of sp³-hybridized carbons (Fsp3) is 0.298. The van der Waals surface area contributed by atoms with Crippen LogP contribution < -0.4 is 4.90 Å². The van der Waals surface area contributed by atoms with Gasteiger partial charge in [-0.05, 0) is 96.3 Å². The van der Waals surface area contributed by atoms with E-state index >= 15 is 0 Å². The summed E-state index contributed by atoms with van der Waals surface area (Å²) in [6.45, 7) is 13.5. The molecule has 4 heterocycles. The van der Waals surface area contributed by atoms with Gasteiger partial charge in [-0.1, -0.05) is 143 Å². The first-order chi connectivity index (χ1) is 29.9. The number of hydrogen-bond acceptors (Lipinski definition) is 3. The van der Waals surface area contributed by atoms with Crippen LogP contribution in [0.5, 0.6) is 0 Å². The van der Waals surface area contributed by atoms with Crippen molar-refractivity contribution in [3.05, 3.63) is 162 Å². The molecule has 0 fully saturated rings. The Bertz CT molecular complexity index is 2850. The molecule has 2 aromatic heterocycles. The van der Waals surface area contributed by atoms with Gasteiger partial charge in [0.1, 0.15) is 0 Å². The Morgan fingerprint density at radius 1 is 0.710 bits per heavy atom. The molecule has 6 aromatic carbocycles. The van der Waals surface area contributed by atoms with Gasteiger partial charge in [0.2, 0.25) is 0 Å². The van der Waals surface area contributed by atoms with Crippen LogP contribution in [-0.2, 0) is 32.9 Å². The number of pyridine rings is 1. The number of hydrogen-bond donors (Lipinski definition) is 0. The van der Waals surface area contributed by atoms with Crippen molar-refractivity contribution in [1.82, 2.24) is 9.38 Å².